The van der Waals surface area contributed by atoms with Crippen molar-refractivity contribution in [2.45, 2.75) is 23.6 Å². The van der Waals surface area contributed by atoms with E-state index in [1.54, 1.807) is 36.0 Å². The van der Waals surface area contributed by atoms with E-state index in [-0.39, 0.29) is 5.57 Å². The molecule has 0 saturated heterocycles. The molecule has 5 heteroatoms. The zero-order valence-electron chi connectivity index (χ0n) is 16.9. The predicted octanol–water partition coefficient (Wildman–Crippen LogP) is 6.09. The molecule has 30 heavy (non-hydrogen) atoms. The van der Waals surface area contributed by atoms with E-state index < -0.39 is 5.91 Å². The molecule has 0 aromatic heterocycles. The van der Waals surface area contributed by atoms with E-state index in [1.165, 1.54) is 5.56 Å². The summed E-state index contributed by atoms with van der Waals surface area (Å²) in [6, 6.07) is 25.2. The van der Waals surface area contributed by atoms with Gasteiger partial charge in [0.2, 0.25) is 0 Å². The minimum Gasteiger partial charge on any atom is -0.494 e. The van der Waals surface area contributed by atoms with Crippen molar-refractivity contribution in [3.05, 3.63) is 89.5 Å². The molecule has 0 heterocycles. The van der Waals surface area contributed by atoms with E-state index in [9.17, 15) is 10.1 Å². The molecule has 4 nitrogen and oxygen atoms in total. The topological polar surface area (TPSA) is 62.1 Å². The number of hydrogen-bond donors (Lipinski definition) is 1. The summed E-state index contributed by atoms with van der Waals surface area (Å²) in [5, 5.41) is 12.2. The lowest BCUT2D eigenvalue weighted by Gasteiger charge is -2.07. The lowest BCUT2D eigenvalue weighted by molar-refractivity contribution is -0.112. The number of rotatable bonds is 7. The molecule has 0 fully saturated rings. The molecule has 0 aliphatic heterocycles. The molecule has 0 aliphatic carbocycles. The number of ether oxygens (including phenoxy) is 1. The third-order valence-corrected chi connectivity index (χ3v) is 5.23. The van der Waals surface area contributed by atoms with Gasteiger partial charge in [-0.1, -0.05) is 47.7 Å². The summed E-state index contributed by atoms with van der Waals surface area (Å²) in [6.45, 7) is 4.50. The van der Waals surface area contributed by atoms with Crippen LogP contribution in [0.4, 0.5) is 5.69 Å². The first-order chi connectivity index (χ1) is 14.6. The predicted molar refractivity (Wildman–Crippen MR) is 122 cm³/mol. The molecule has 0 spiro atoms. The fourth-order valence-corrected chi connectivity index (χ4v) is 3.53. The van der Waals surface area contributed by atoms with Gasteiger partial charge in [0.25, 0.3) is 5.91 Å². The van der Waals surface area contributed by atoms with Crippen LogP contribution in [0.5, 0.6) is 5.75 Å². The van der Waals surface area contributed by atoms with Crippen molar-refractivity contribution in [2.75, 3.05) is 11.9 Å². The molecule has 3 aromatic rings. The number of nitrogens with one attached hydrogen (secondary N) is 1. The zero-order chi connectivity index (χ0) is 21.3. The van der Waals surface area contributed by atoms with Gasteiger partial charge in [0.1, 0.15) is 17.4 Å². The van der Waals surface area contributed by atoms with Crippen LogP contribution in [0, 0.1) is 18.3 Å². The number of aryl methyl sites for hydroxylation is 1. The molecule has 0 atom stereocenters. The Labute approximate surface area is 181 Å². The number of nitriles is 1. The number of amides is 1. The average molecular weight is 415 g/mol. The lowest BCUT2D eigenvalue weighted by atomic mass is 10.1. The van der Waals surface area contributed by atoms with Gasteiger partial charge >= 0.3 is 0 Å². The molecule has 0 radical (unpaired) electrons. The second kappa shape index (κ2) is 10.3. The quantitative estimate of drug-likeness (QED) is 0.375. The van der Waals surface area contributed by atoms with Gasteiger partial charge in [-0.2, -0.15) is 5.26 Å². The van der Waals surface area contributed by atoms with Crippen LogP contribution >= 0.6 is 11.8 Å². The summed E-state index contributed by atoms with van der Waals surface area (Å²) in [6.07, 6.45) is 1.59. The van der Waals surface area contributed by atoms with Gasteiger partial charge in [-0.05, 0) is 61.9 Å². The van der Waals surface area contributed by atoms with Crippen LogP contribution < -0.4 is 10.1 Å². The fourth-order valence-electron chi connectivity index (χ4n) is 2.72. The van der Waals surface area contributed by atoms with Gasteiger partial charge < -0.3 is 10.1 Å². The number of benzene rings is 3. The maximum atomic E-state index is 12.5. The lowest BCUT2D eigenvalue weighted by Crippen LogP contribution is -2.13. The van der Waals surface area contributed by atoms with Gasteiger partial charge in [-0.3, -0.25) is 4.79 Å². The van der Waals surface area contributed by atoms with Crippen LogP contribution in [0.25, 0.3) is 6.08 Å². The molecule has 3 rings (SSSR count). The zero-order valence-corrected chi connectivity index (χ0v) is 17.7. The van der Waals surface area contributed by atoms with Gasteiger partial charge in [0, 0.05) is 21.5 Å². The summed E-state index contributed by atoms with van der Waals surface area (Å²) in [4.78, 5) is 14.8. The Morgan fingerprint density at radius 1 is 1.07 bits per heavy atom. The number of hydrogen-bond acceptors (Lipinski definition) is 4. The Morgan fingerprint density at radius 2 is 1.73 bits per heavy atom. The summed E-state index contributed by atoms with van der Waals surface area (Å²) < 4.78 is 5.44. The second-order valence-corrected chi connectivity index (χ2v) is 7.72. The number of carbonyl (C=O) groups is 1. The van der Waals surface area contributed by atoms with Gasteiger partial charge in [-0.15, -0.1) is 0 Å². The van der Waals surface area contributed by atoms with E-state index in [4.69, 9.17) is 4.74 Å². The first-order valence-electron chi connectivity index (χ1n) is 9.58. The van der Waals surface area contributed by atoms with Gasteiger partial charge in [-0.25, -0.2) is 0 Å². The van der Waals surface area contributed by atoms with Crippen molar-refractivity contribution in [1.82, 2.24) is 0 Å². The molecule has 0 aliphatic rings. The molecule has 1 amide bonds. The van der Waals surface area contributed by atoms with E-state index in [1.807, 2.05) is 43.3 Å². The van der Waals surface area contributed by atoms with E-state index in [0.717, 1.165) is 15.4 Å². The smallest absolute Gasteiger partial charge is 0.266 e. The molecular formula is C25H22N2O2S. The molecule has 3 aromatic carbocycles. The van der Waals surface area contributed by atoms with Crippen LogP contribution in [-0.2, 0) is 4.79 Å². The Hall–Kier alpha value is -3.49. The summed E-state index contributed by atoms with van der Waals surface area (Å²) >= 11 is 1.67. The fraction of sp³-hybridized carbons (Fsp3) is 0.120. The molecular weight excluding hydrogens is 392 g/mol. The highest BCUT2D eigenvalue weighted by Crippen LogP contribution is 2.28. The van der Waals surface area contributed by atoms with Crippen molar-refractivity contribution in [1.29, 1.82) is 5.26 Å². The monoisotopic (exact) mass is 414 g/mol. The highest BCUT2D eigenvalue weighted by Gasteiger charge is 2.10. The Kier molecular flexibility index (Phi) is 7.31. The molecule has 1 N–H and O–H groups in total. The number of anilines is 1. The molecule has 0 bridgehead atoms. The highest BCUT2D eigenvalue weighted by atomic mass is 32.2. The number of carbonyl (C=O) groups excluding carboxylic acids is 1. The van der Waals surface area contributed by atoms with Crippen LogP contribution in [0.15, 0.2) is 88.2 Å². The Balaban J connectivity index is 1.69. The minimum atomic E-state index is -0.454. The van der Waals surface area contributed by atoms with Crippen molar-refractivity contribution in [2.24, 2.45) is 0 Å². The van der Waals surface area contributed by atoms with Gasteiger partial charge in [0.15, 0.2) is 0 Å². The second-order valence-electron chi connectivity index (χ2n) is 6.57. The Morgan fingerprint density at radius 3 is 2.37 bits per heavy atom. The molecule has 0 unspecified atom stereocenters. The van der Waals surface area contributed by atoms with Crippen molar-refractivity contribution >= 4 is 29.4 Å². The summed E-state index contributed by atoms with van der Waals surface area (Å²) in [5.41, 5.74) is 2.64. The van der Waals surface area contributed by atoms with Crippen LogP contribution in [0.2, 0.25) is 0 Å². The summed E-state index contributed by atoms with van der Waals surface area (Å²) in [7, 11) is 0. The molecule has 0 saturated carbocycles. The van der Waals surface area contributed by atoms with E-state index in [0.29, 0.717) is 18.0 Å². The van der Waals surface area contributed by atoms with Crippen LogP contribution in [0.3, 0.4) is 0 Å². The van der Waals surface area contributed by atoms with E-state index >= 15 is 0 Å². The van der Waals surface area contributed by atoms with Crippen molar-refractivity contribution in [3.63, 3.8) is 0 Å². The van der Waals surface area contributed by atoms with Crippen LogP contribution in [0.1, 0.15) is 18.1 Å². The van der Waals surface area contributed by atoms with Crippen molar-refractivity contribution in [3.8, 4) is 11.8 Å². The first-order valence-corrected chi connectivity index (χ1v) is 10.4. The molecule has 150 valence electrons. The normalized spacial score (nSPS) is 10.9. The maximum Gasteiger partial charge on any atom is 0.266 e. The summed E-state index contributed by atoms with van der Waals surface area (Å²) in [5.74, 6) is 0.212. The highest BCUT2D eigenvalue weighted by molar-refractivity contribution is 7.99. The Bertz CT molecular complexity index is 1080. The largest absolute Gasteiger partial charge is 0.494 e. The van der Waals surface area contributed by atoms with E-state index in [2.05, 4.69) is 36.5 Å². The van der Waals surface area contributed by atoms with Crippen LogP contribution in [-0.4, -0.2) is 12.5 Å². The van der Waals surface area contributed by atoms with Gasteiger partial charge in [0.05, 0.1) is 6.61 Å². The van der Waals surface area contributed by atoms with Crippen molar-refractivity contribution < 1.29 is 9.53 Å². The number of nitrogens with zero attached hydrogens (tertiary/aromatic N) is 1. The third-order valence-electron chi connectivity index (χ3n) is 4.22. The standard InChI is InChI=1S/C25H22N2O2S/c1-3-29-22-6-4-5-21(16-22)27-25(28)20(17-26)15-19-9-13-24(14-10-19)30-23-11-7-18(2)8-12-23/h4-16H,3H2,1-2H3,(H,27,28)/b20-15-. The third kappa shape index (κ3) is 6.00. The average Bonchev–Trinajstić information content (AvgIpc) is 2.75. The minimum absolute atomic E-state index is 0.0377. The SMILES string of the molecule is CCOc1cccc(NC(=O)/C(C#N)=C\c2ccc(Sc3ccc(C)cc3)cc2)c1. The first kappa shape index (κ1) is 21.2. The maximum absolute atomic E-state index is 12.5.